The van der Waals surface area contributed by atoms with Gasteiger partial charge in [0.1, 0.15) is 0 Å². The van der Waals surface area contributed by atoms with Gasteiger partial charge in [0.25, 0.3) is 5.69 Å². The third-order valence-electron chi connectivity index (χ3n) is 3.87. The van der Waals surface area contributed by atoms with E-state index in [2.05, 4.69) is 4.90 Å². The standard InChI is InChI=1S/C14H20ClN3O2/c15-14-9-13(18(19)20)5-4-11(14)10-17-8-2-1-3-12(17)6-7-16/h4-5,9,12H,1-3,6-8,10,16H2. The molecule has 0 aromatic heterocycles. The molecule has 1 heterocycles. The topological polar surface area (TPSA) is 72.4 Å². The highest BCUT2D eigenvalue weighted by Crippen LogP contribution is 2.27. The van der Waals surface area contributed by atoms with E-state index in [1.54, 1.807) is 6.07 Å². The number of rotatable bonds is 5. The quantitative estimate of drug-likeness (QED) is 0.670. The maximum Gasteiger partial charge on any atom is 0.270 e. The minimum absolute atomic E-state index is 0.0379. The van der Waals surface area contributed by atoms with Crippen molar-refractivity contribution in [2.45, 2.75) is 38.3 Å². The number of halogens is 1. The van der Waals surface area contributed by atoms with Crippen molar-refractivity contribution >= 4 is 17.3 Å². The van der Waals surface area contributed by atoms with Crippen molar-refractivity contribution in [2.75, 3.05) is 13.1 Å². The summed E-state index contributed by atoms with van der Waals surface area (Å²) in [6.45, 7) is 2.47. The van der Waals surface area contributed by atoms with Gasteiger partial charge in [0, 0.05) is 24.7 Å². The van der Waals surface area contributed by atoms with Gasteiger partial charge < -0.3 is 5.73 Å². The fraction of sp³-hybridized carbons (Fsp3) is 0.571. The molecule has 1 fully saturated rings. The lowest BCUT2D eigenvalue weighted by Gasteiger charge is -2.35. The van der Waals surface area contributed by atoms with Crippen molar-refractivity contribution in [1.29, 1.82) is 0 Å². The Hall–Kier alpha value is -1.17. The summed E-state index contributed by atoms with van der Waals surface area (Å²) in [6, 6.07) is 5.20. The van der Waals surface area contributed by atoms with E-state index in [4.69, 9.17) is 17.3 Å². The molecule has 20 heavy (non-hydrogen) atoms. The van der Waals surface area contributed by atoms with Gasteiger partial charge in [-0.2, -0.15) is 0 Å². The van der Waals surface area contributed by atoms with Crippen LogP contribution in [0.15, 0.2) is 18.2 Å². The Labute approximate surface area is 123 Å². The van der Waals surface area contributed by atoms with Crippen molar-refractivity contribution in [1.82, 2.24) is 4.90 Å². The highest BCUT2D eigenvalue weighted by molar-refractivity contribution is 6.31. The van der Waals surface area contributed by atoms with Crippen LogP contribution in [0.3, 0.4) is 0 Å². The molecule has 6 heteroatoms. The maximum absolute atomic E-state index is 10.7. The van der Waals surface area contributed by atoms with Gasteiger partial charge in [-0.3, -0.25) is 15.0 Å². The normalized spacial score (nSPS) is 20.0. The highest BCUT2D eigenvalue weighted by Gasteiger charge is 2.22. The Bertz CT molecular complexity index is 479. The van der Waals surface area contributed by atoms with Crippen LogP contribution in [0, 0.1) is 10.1 Å². The molecule has 1 aromatic carbocycles. The number of hydrogen-bond acceptors (Lipinski definition) is 4. The second-order valence-corrected chi connectivity index (χ2v) is 5.64. The van der Waals surface area contributed by atoms with Gasteiger partial charge >= 0.3 is 0 Å². The molecule has 0 amide bonds. The molecule has 1 aliphatic heterocycles. The monoisotopic (exact) mass is 297 g/mol. The molecule has 5 nitrogen and oxygen atoms in total. The van der Waals surface area contributed by atoms with Gasteiger partial charge in [0.2, 0.25) is 0 Å². The summed E-state index contributed by atoms with van der Waals surface area (Å²) in [5.74, 6) is 0. The first-order chi connectivity index (χ1) is 9.61. The van der Waals surface area contributed by atoms with Crippen LogP contribution in [0.2, 0.25) is 5.02 Å². The SMILES string of the molecule is NCCC1CCCCN1Cc1ccc([N+](=O)[O-])cc1Cl. The number of nitro groups is 1. The zero-order valence-corrected chi connectivity index (χ0v) is 12.2. The average molecular weight is 298 g/mol. The molecule has 0 saturated carbocycles. The summed E-state index contributed by atoms with van der Waals surface area (Å²) >= 11 is 6.16. The summed E-state index contributed by atoms with van der Waals surface area (Å²) in [6.07, 6.45) is 4.59. The number of nitrogens with zero attached hydrogens (tertiary/aromatic N) is 2. The van der Waals surface area contributed by atoms with Crippen LogP contribution in [0.1, 0.15) is 31.2 Å². The second kappa shape index (κ2) is 7.02. The van der Waals surface area contributed by atoms with Gasteiger partial charge in [0.15, 0.2) is 0 Å². The van der Waals surface area contributed by atoms with Crippen LogP contribution in [0.4, 0.5) is 5.69 Å². The van der Waals surface area contributed by atoms with Crippen LogP contribution in [-0.4, -0.2) is 29.0 Å². The lowest BCUT2D eigenvalue weighted by atomic mass is 9.98. The number of piperidine rings is 1. The van der Waals surface area contributed by atoms with Gasteiger partial charge in [-0.1, -0.05) is 18.0 Å². The molecule has 110 valence electrons. The van der Waals surface area contributed by atoms with E-state index in [1.807, 2.05) is 0 Å². The average Bonchev–Trinajstić information content (AvgIpc) is 2.43. The molecule has 1 aliphatic rings. The predicted octanol–water partition coefficient (Wildman–Crippen LogP) is 2.95. The lowest BCUT2D eigenvalue weighted by Crippen LogP contribution is -2.40. The summed E-state index contributed by atoms with van der Waals surface area (Å²) in [5, 5.41) is 11.2. The Morgan fingerprint density at radius 2 is 2.25 bits per heavy atom. The summed E-state index contributed by atoms with van der Waals surface area (Å²) in [7, 11) is 0. The number of nitro benzene ring substituents is 1. The molecule has 2 rings (SSSR count). The van der Waals surface area contributed by atoms with Crippen LogP contribution < -0.4 is 5.73 Å². The molecule has 0 aliphatic carbocycles. The Kier molecular flexibility index (Phi) is 5.34. The van der Waals surface area contributed by atoms with Gasteiger partial charge in [-0.05, 0) is 44.0 Å². The summed E-state index contributed by atoms with van der Waals surface area (Å²) < 4.78 is 0. The zero-order valence-electron chi connectivity index (χ0n) is 11.4. The van der Waals surface area contributed by atoms with Crippen LogP contribution >= 0.6 is 11.6 Å². The number of non-ortho nitro benzene ring substituents is 1. The van der Waals surface area contributed by atoms with Gasteiger partial charge in [0.05, 0.1) is 9.95 Å². The Morgan fingerprint density at radius 1 is 1.45 bits per heavy atom. The van der Waals surface area contributed by atoms with Crippen LogP contribution in [0.5, 0.6) is 0 Å². The first-order valence-corrected chi connectivity index (χ1v) is 7.36. The molecule has 1 unspecified atom stereocenters. The molecular weight excluding hydrogens is 278 g/mol. The highest BCUT2D eigenvalue weighted by atomic mass is 35.5. The number of hydrogen-bond donors (Lipinski definition) is 1. The second-order valence-electron chi connectivity index (χ2n) is 5.23. The Balaban J connectivity index is 2.09. The molecular formula is C14H20ClN3O2. The number of benzene rings is 1. The fourth-order valence-electron chi connectivity index (χ4n) is 2.78. The summed E-state index contributed by atoms with van der Waals surface area (Å²) in [4.78, 5) is 12.7. The maximum atomic E-state index is 10.7. The van der Waals surface area contributed by atoms with E-state index in [1.165, 1.54) is 31.4 Å². The van der Waals surface area contributed by atoms with Crippen molar-refractivity contribution < 1.29 is 4.92 Å². The molecule has 1 aromatic rings. The minimum Gasteiger partial charge on any atom is -0.330 e. The third kappa shape index (κ3) is 3.69. The largest absolute Gasteiger partial charge is 0.330 e. The van der Waals surface area contributed by atoms with E-state index < -0.39 is 4.92 Å². The van der Waals surface area contributed by atoms with Gasteiger partial charge in [-0.25, -0.2) is 0 Å². The van der Waals surface area contributed by atoms with E-state index >= 15 is 0 Å². The van der Waals surface area contributed by atoms with Crippen molar-refractivity contribution in [2.24, 2.45) is 5.73 Å². The molecule has 1 atom stereocenters. The van der Waals surface area contributed by atoms with Gasteiger partial charge in [-0.15, -0.1) is 0 Å². The van der Waals surface area contributed by atoms with E-state index in [0.717, 1.165) is 25.1 Å². The van der Waals surface area contributed by atoms with Crippen molar-refractivity contribution in [3.8, 4) is 0 Å². The van der Waals surface area contributed by atoms with E-state index in [0.29, 0.717) is 17.6 Å². The third-order valence-corrected chi connectivity index (χ3v) is 4.22. The van der Waals surface area contributed by atoms with Crippen molar-refractivity contribution in [3.05, 3.63) is 38.9 Å². The molecule has 2 N–H and O–H groups in total. The molecule has 1 saturated heterocycles. The number of likely N-dealkylation sites (tertiary alicyclic amines) is 1. The lowest BCUT2D eigenvalue weighted by molar-refractivity contribution is -0.384. The first-order valence-electron chi connectivity index (χ1n) is 6.98. The minimum atomic E-state index is -0.423. The summed E-state index contributed by atoms with van der Waals surface area (Å²) in [5.41, 5.74) is 6.65. The van der Waals surface area contributed by atoms with Crippen molar-refractivity contribution in [3.63, 3.8) is 0 Å². The first kappa shape index (κ1) is 15.2. The van der Waals surface area contributed by atoms with E-state index in [-0.39, 0.29) is 5.69 Å². The number of nitrogens with two attached hydrogens (primary N) is 1. The van der Waals surface area contributed by atoms with Crippen LogP contribution in [0.25, 0.3) is 0 Å². The molecule has 0 spiro atoms. The predicted molar refractivity (Wildman–Crippen MR) is 79.8 cm³/mol. The van der Waals surface area contributed by atoms with E-state index in [9.17, 15) is 10.1 Å². The van der Waals surface area contributed by atoms with Crippen LogP contribution in [-0.2, 0) is 6.54 Å². The zero-order chi connectivity index (χ0) is 14.5. The fourth-order valence-corrected chi connectivity index (χ4v) is 3.02. The smallest absolute Gasteiger partial charge is 0.270 e. The molecule has 0 bridgehead atoms. The molecule has 0 radical (unpaired) electrons. The Morgan fingerprint density at radius 3 is 2.90 bits per heavy atom.